The van der Waals surface area contributed by atoms with Crippen molar-refractivity contribution in [2.45, 2.75) is 45.6 Å². The lowest BCUT2D eigenvalue weighted by atomic mass is 10.1. The van der Waals surface area contributed by atoms with Crippen LogP contribution in [0.5, 0.6) is 0 Å². The van der Waals surface area contributed by atoms with Crippen molar-refractivity contribution in [3.63, 3.8) is 0 Å². The number of nitrogens with two attached hydrogens (primary N) is 1. The molecule has 2 aromatic rings. The zero-order valence-electron chi connectivity index (χ0n) is 11.7. The first-order chi connectivity index (χ1) is 9.65. The number of nitrogen functional groups attached to an aromatic ring is 1. The molecule has 5 nitrogen and oxygen atoms in total. The molecule has 0 aromatic carbocycles. The van der Waals surface area contributed by atoms with E-state index in [2.05, 4.69) is 29.4 Å². The number of hydrogen-bond acceptors (Lipinski definition) is 5. The number of hydrogen-bond donors (Lipinski definition) is 2. The zero-order chi connectivity index (χ0) is 14.3. The molecule has 0 radical (unpaired) electrons. The van der Waals surface area contributed by atoms with E-state index in [1.165, 1.54) is 11.3 Å². The van der Waals surface area contributed by atoms with Gasteiger partial charge in [-0.1, -0.05) is 13.8 Å². The Balaban J connectivity index is 2.11. The highest BCUT2D eigenvalue weighted by Gasteiger charge is 2.27. The topological polar surface area (TPSA) is 80.9 Å². The van der Waals surface area contributed by atoms with E-state index in [4.69, 9.17) is 5.73 Å². The molecule has 1 amide bonds. The first-order valence-electron chi connectivity index (χ1n) is 7.02. The maximum Gasteiger partial charge on any atom is 0.263 e. The standard InChI is InChI=1S/C14H18N4OS/c1-3-8-9(4-2)17-18-14-10(8)11(15)12(20-14)13(19)16-7-5-6-7/h7H,3-6,15H2,1-2H3,(H,16,19). The number of carbonyl (C=O) groups excluding carboxylic acids is 1. The quantitative estimate of drug-likeness (QED) is 0.905. The van der Waals surface area contributed by atoms with Gasteiger partial charge in [0.15, 0.2) is 0 Å². The number of carbonyl (C=O) groups is 1. The van der Waals surface area contributed by atoms with E-state index in [0.717, 1.165) is 47.2 Å². The third kappa shape index (κ3) is 2.14. The van der Waals surface area contributed by atoms with Crippen molar-refractivity contribution in [1.29, 1.82) is 0 Å². The second-order valence-electron chi connectivity index (χ2n) is 5.11. The van der Waals surface area contributed by atoms with Gasteiger partial charge in [-0.3, -0.25) is 4.79 Å². The lowest BCUT2D eigenvalue weighted by molar-refractivity contribution is 0.0956. The number of anilines is 1. The van der Waals surface area contributed by atoms with Crippen LogP contribution in [0.4, 0.5) is 5.69 Å². The van der Waals surface area contributed by atoms with E-state index < -0.39 is 0 Å². The van der Waals surface area contributed by atoms with Crippen molar-refractivity contribution < 1.29 is 4.79 Å². The average molecular weight is 290 g/mol. The number of fused-ring (bicyclic) bond motifs is 1. The minimum atomic E-state index is -0.0758. The molecular formula is C14H18N4OS. The third-order valence-corrected chi connectivity index (χ3v) is 4.73. The molecule has 6 heteroatoms. The second-order valence-corrected chi connectivity index (χ2v) is 6.10. The van der Waals surface area contributed by atoms with Gasteiger partial charge < -0.3 is 11.1 Å². The average Bonchev–Trinajstić information content (AvgIpc) is 3.20. The first-order valence-corrected chi connectivity index (χ1v) is 7.84. The molecule has 1 fully saturated rings. The molecule has 1 aliphatic carbocycles. The molecule has 0 aliphatic heterocycles. The normalized spacial score (nSPS) is 14.7. The Hall–Kier alpha value is -1.69. The highest BCUT2D eigenvalue weighted by Crippen LogP contribution is 2.36. The molecule has 0 unspecified atom stereocenters. The lowest BCUT2D eigenvalue weighted by Crippen LogP contribution is -2.25. The van der Waals surface area contributed by atoms with Crippen molar-refractivity contribution in [2.24, 2.45) is 0 Å². The van der Waals surface area contributed by atoms with E-state index >= 15 is 0 Å². The first kappa shape index (κ1) is 13.3. The number of nitrogens with zero attached hydrogens (tertiary/aromatic N) is 2. The van der Waals surface area contributed by atoms with Crippen molar-refractivity contribution >= 4 is 33.1 Å². The van der Waals surface area contributed by atoms with Crippen LogP contribution in [-0.2, 0) is 12.8 Å². The number of aryl methyl sites for hydroxylation is 2. The van der Waals surface area contributed by atoms with Crippen LogP contribution in [0, 0.1) is 0 Å². The van der Waals surface area contributed by atoms with Gasteiger partial charge in [0.2, 0.25) is 0 Å². The van der Waals surface area contributed by atoms with E-state index in [1.807, 2.05) is 0 Å². The van der Waals surface area contributed by atoms with Gasteiger partial charge in [0.05, 0.1) is 11.4 Å². The van der Waals surface area contributed by atoms with Gasteiger partial charge in [-0.05, 0) is 31.2 Å². The Morgan fingerprint density at radius 1 is 1.35 bits per heavy atom. The number of nitrogens with one attached hydrogen (secondary N) is 1. The molecule has 1 saturated carbocycles. The highest BCUT2D eigenvalue weighted by atomic mass is 32.1. The summed E-state index contributed by atoms with van der Waals surface area (Å²) in [6, 6.07) is 0.329. The van der Waals surface area contributed by atoms with E-state index in [1.54, 1.807) is 0 Å². The summed E-state index contributed by atoms with van der Waals surface area (Å²) in [5.41, 5.74) is 8.87. The van der Waals surface area contributed by atoms with Gasteiger partial charge in [-0.2, -0.15) is 5.10 Å². The summed E-state index contributed by atoms with van der Waals surface area (Å²) >= 11 is 1.34. The van der Waals surface area contributed by atoms with Gasteiger partial charge in [-0.15, -0.1) is 16.4 Å². The molecule has 20 heavy (non-hydrogen) atoms. The molecule has 3 N–H and O–H groups in total. The fourth-order valence-electron chi connectivity index (χ4n) is 2.42. The Bertz CT molecular complexity index is 675. The smallest absolute Gasteiger partial charge is 0.263 e. The fourth-order valence-corrected chi connectivity index (χ4v) is 3.39. The van der Waals surface area contributed by atoms with Crippen molar-refractivity contribution in [3.05, 3.63) is 16.1 Å². The number of amides is 1. The van der Waals surface area contributed by atoms with E-state index in [-0.39, 0.29) is 5.91 Å². The molecule has 1 aliphatic rings. The monoisotopic (exact) mass is 290 g/mol. The summed E-state index contributed by atoms with van der Waals surface area (Å²) in [6.45, 7) is 4.13. The number of rotatable bonds is 4. The van der Waals surface area contributed by atoms with Crippen LogP contribution < -0.4 is 11.1 Å². The Kier molecular flexibility index (Phi) is 3.33. The van der Waals surface area contributed by atoms with Crippen LogP contribution in [0.25, 0.3) is 10.2 Å². The summed E-state index contributed by atoms with van der Waals surface area (Å²) < 4.78 is 0. The zero-order valence-corrected chi connectivity index (χ0v) is 12.5. The molecule has 0 atom stereocenters. The van der Waals surface area contributed by atoms with E-state index in [9.17, 15) is 4.79 Å². The second kappa shape index (κ2) is 5.01. The summed E-state index contributed by atoms with van der Waals surface area (Å²) in [7, 11) is 0. The minimum absolute atomic E-state index is 0.0758. The summed E-state index contributed by atoms with van der Waals surface area (Å²) in [5.74, 6) is -0.0758. The number of thiophene rings is 1. The summed E-state index contributed by atoms with van der Waals surface area (Å²) in [4.78, 5) is 13.5. The van der Waals surface area contributed by atoms with Gasteiger partial charge in [0, 0.05) is 11.4 Å². The van der Waals surface area contributed by atoms with E-state index in [0.29, 0.717) is 16.6 Å². The van der Waals surface area contributed by atoms with Crippen LogP contribution in [0.15, 0.2) is 0 Å². The molecule has 2 heterocycles. The van der Waals surface area contributed by atoms with Crippen LogP contribution >= 0.6 is 11.3 Å². The van der Waals surface area contributed by atoms with Crippen LogP contribution in [-0.4, -0.2) is 22.1 Å². The fraction of sp³-hybridized carbons (Fsp3) is 0.500. The molecule has 0 bridgehead atoms. The maximum atomic E-state index is 12.2. The molecular weight excluding hydrogens is 272 g/mol. The highest BCUT2D eigenvalue weighted by molar-refractivity contribution is 7.21. The molecule has 106 valence electrons. The van der Waals surface area contributed by atoms with Gasteiger partial charge in [0.25, 0.3) is 5.91 Å². The maximum absolute atomic E-state index is 12.2. The lowest BCUT2D eigenvalue weighted by Gasteiger charge is -2.06. The Morgan fingerprint density at radius 2 is 2.10 bits per heavy atom. The number of aromatic nitrogens is 2. The van der Waals surface area contributed by atoms with Crippen molar-refractivity contribution in [1.82, 2.24) is 15.5 Å². The Morgan fingerprint density at radius 3 is 2.70 bits per heavy atom. The molecule has 0 saturated heterocycles. The molecule has 2 aromatic heterocycles. The Labute approximate surface area is 121 Å². The third-order valence-electron chi connectivity index (χ3n) is 3.65. The minimum Gasteiger partial charge on any atom is -0.397 e. The summed E-state index contributed by atoms with van der Waals surface area (Å²) in [6.07, 6.45) is 3.80. The van der Waals surface area contributed by atoms with Crippen molar-refractivity contribution in [3.8, 4) is 0 Å². The van der Waals surface area contributed by atoms with Crippen LogP contribution in [0.1, 0.15) is 47.6 Å². The molecule has 0 spiro atoms. The molecule has 3 rings (SSSR count). The van der Waals surface area contributed by atoms with Crippen molar-refractivity contribution in [2.75, 3.05) is 5.73 Å². The van der Waals surface area contributed by atoms with Gasteiger partial charge in [0.1, 0.15) is 9.71 Å². The summed E-state index contributed by atoms with van der Waals surface area (Å²) in [5, 5.41) is 12.4. The van der Waals surface area contributed by atoms with Gasteiger partial charge in [-0.25, -0.2) is 0 Å². The largest absolute Gasteiger partial charge is 0.397 e. The van der Waals surface area contributed by atoms with Crippen LogP contribution in [0.2, 0.25) is 0 Å². The predicted molar refractivity (Wildman–Crippen MR) is 81.1 cm³/mol. The predicted octanol–water partition coefficient (Wildman–Crippen LogP) is 2.29. The SMILES string of the molecule is CCc1nnc2sc(C(=O)NC3CC3)c(N)c2c1CC. The van der Waals surface area contributed by atoms with Crippen LogP contribution in [0.3, 0.4) is 0 Å². The van der Waals surface area contributed by atoms with Gasteiger partial charge >= 0.3 is 0 Å².